The first kappa shape index (κ1) is 22.0. The van der Waals surface area contributed by atoms with Gasteiger partial charge in [-0.2, -0.15) is 0 Å². The lowest BCUT2D eigenvalue weighted by Crippen LogP contribution is -2.45. The second-order valence-electron chi connectivity index (χ2n) is 6.76. The molecule has 0 fully saturated rings. The molecular weight excluding hydrogens is 400 g/mol. The fourth-order valence-corrected chi connectivity index (χ4v) is 3.94. The van der Waals surface area contributed by atoms with Gasteiger partial charge in [-0.25, -0.2) is 8.42 Å². The summed E-state index contributed by atoms with van der Waals surface area (Å²) in [6.45, 7) is 5.51. The van der Waals surface area contributed by atoms with Crippen LogP contribution in [0.1, 0.15) is 20.8 Å². The molecule has 0 aliphatic rings. The van der Waals surface area contributed by atoms with E-state index in [2.05, 4.69) is 5.32 Å². The summed E-state index contributed by atoms with van der Waals surface area (Å²) >= 11 is 5.93. The second-order valence-corrected chi connectivity index (χ2v) is 9.06. The number of sulfonamides is 1. The maximum atomic E-state index is 13.2. The lowest BCUT2D eigenvalue weighted by molar-refractivity contribution is -0.120. The molecule has 0 saturated heterocycles. The zero-order valence-electron chi connectivity index (χ0n) is 16.3. The molecule has 0 aliphatic carbocycles. The molecule has 0 bridgehead atoms. The van der Waals surface area contributed by atoms with Gasteiger partial charge < -0.3 is 10.1 Å². The number of nitrogens with zero attached hydrogens (tertiary/aromatic N) is 1. The summed E-state index contributed by atoms with van der Waals surface area (Å²) in [7, 11) is -2.47. The third kappa shape index (κ3) is 5.39. The lowest BCUT2D eigenvalue weighted by atomic mass is 10.1. The maximum Gasteiger partial charge on any atom is 0.264 e. The number of anilines is 1. The van der Waals surface area contributed by atoms with Gasteiger partial charge in [-0.05, 0) is 61.4 Å². The van der Waals surface area contributed by atoms with E-state index in [1.807, 2.05) is 20.8 Å². The normalized spacial score (nSPS) is 12.5. The minimum atomic E-state index is -3.97. The number of hydrogen-bond donors (Lipinski definition) is 1. The first-order valence-corrected chi connectivity index (χ1v) is 10.7. The van der Waals surface area contributed by atoms with Gasteiger partial charge >= 0.3 is 0 Å². The molecule has 6 nitrogen and oxygen atoms in total. The van der Waals surface area contributed by atoms with Gasteiger partial charge in [-0.3, -0.25) is 9.10 Å². The van der Waals surface area contributed by atoms with Gasteiger partial charge in [0.2, 0.25) is 5.91 Å². The zero-order valence-corrected chi connectivity index (χ0v) is 17.9. The highest BCUT2D eigenvalue weighted by Gasteiger charge is 2.28. The molecule has 0 aromatic heterocycles. The molecule has 0 saturated carbocycles. The number of amides is 1. The SMILES string of the molecule is COc1ccc(S(=O)(=O)N(CC(=O)N[C@@H](C)C(C)C)c2ccc(Cl)cc2)cc1. The van der Waals surface area contributed by atoms with Gasteiger partial charge in [0.15, 0.2) is 0 Å². The molecule has 1 amide bonds. The quantitative estimate of drug-likeness (QED) is 0.700. The van der Waals surface area contributed by atoms with Crippen molar-refractivity contribution in [3.05, 3.63) is 53.6 Å². The summed E-state index contributed by atoms with van der Waals surface area (Å²) in [6.07, 6.45) is 0. The molecule has 0 aliphatic heterocycles. The van der Waals surface area contributed by atoms with E-state index in [9.17, 15) is 13.2 Å². The summed E-state index contributed by atoms with van der Waals surface area (Å²) in [5.41, 5.74) is 0.354. The Balaban J connectivity index is 2.39. The Labute approximate surface area is 171 Å². The summed E-state index contributed by atoms with van der Waals surface area (Å²) in [4.78, 5) is 12.6. The number of benzene rings is 2. The number of halogens is 1. The van der Waals surface area contributed by atoms with Crippen LogP contribution in [0.5, 0.6) is 5.75 Å². The number of hydrogen-bond acceptors (Lipinski definition) is 4. The zero-order chi connectivity index (χ0) is 20.9. The first-order chi connectivity index (χ1) is 13.1. The molecule has 152 valence electrons. The molecular formula is C20H25ClN2O4S. The van der Waals surface area contributed by atoms with Crippen LogP contribution in [0, 0.1) is 5.92 Å². The number of ether oxygens (including phenoxy) is 1. The fraction of sp³-hybridized carbons (Fsp3) is 0.350. The van der Waals surface area contributed by atoms with Crippen LogP contribution in [0.4, 0.5) is 5.69 Å². The molecule has 2 aromatic rings. The summed E-state index contributed by atoms with van der Waals surface area (Å²) in [5.74, 6) is 0.389. The molecule has 2 rings (SSSR count). The highest BCUT2D eigenvalue weighted by atomic mass is 35.5. The number of nitrogens with one attached hydrogen (secondary N) is 1. The van der Waals surface area contributed by atoms with E-state index in [0.717, 1.165) is 4.31 Å². The van der Waals surface area contributed by atoms with Crippen molar-refractivity contribution < 1.29 is 17.9 Å². The Morgan fingerprint density at radius 2 is 1.64 bits per heavy atom. The van der Waals surface area contributed by atoms with Gasteiger partial charge in [-0.1, -0.05) is 25.4 Å². The monoisotopic (exact) mass is 424 g/mol. The third-order valence-electron chi connectivity index (χ3n) is 4.44. The summed E-state index contributed by atoms with van der Waals surface area (Å²) in [5, 5.41) is 3.32. The molecule has 0 spiro atoms. The summed E-state index contributed by atoms with van der Waals surface area (Å²) < 4.78 is 32.6. The molecule has 1 N–H and O–H groups in total. The van der Waals surface area contributed by atoms with Crippen LogP contribution in [0.25, 0.3) is 0 Å². The predicted octanol–water partition coefficient (Wildman–Crippen LogP) is 3.70. The molecule has 0 heterocycles. The van der Waals surface area contributed by atoms with Crippen LogP contribution in [-0.2, 0) is 14.8 Å². The van der Waals surface area contributed by atoms with Crippen LogP contribution < -0.4 is 14.4 Å². The molecule has 0 unspecified atom stereocenters. The molecule has 2 aromatic carbocycles. The number of carbonyl (C=O) groups is 1. The van der Waals surface area contributed by atoms with Crippen LogP contribution in [0.15, 0.2) is 53.4 Å². The number of carbonyl (C=O) groups excluding carboxylic acids is 1. The molecule has 8 heteroatoms. The van der Waals surface area contributed by atoms with E-state index in [1.54, 1.807) is 36.4 Å². The smallest absolute Gasteiger partial charge is 0.264 e. The first-order valence-electron chi connectivity index (χ1n) is 8.87. The van der Waals surface area contributed by atoms with Crippen LogP contribution in [-0.4, -0.2) is 34.0 Å². The molecule has 1 atom stereocenters. The van der Waals surface area contributed by atoms with E-state index < -0.39 is 10.0 Å². The van der Waals surface area contributed by atoms with Crippen molar-refractivity contribution >= 4 is 33.2 Å². The predicted molar refractivity (Wildman–Crippen MR) is 111 cm³/mol. The minimum absolute atomic E-state index is 0.0629. The van der Waals surface area contributed by atoms with Crippen molar-refractivity contribution in [1.82, 2.24) is 5.32 Å². The molecule has 0 radical (unpaired) electrons. The highest BCUT2D eigenvalue weighted by molar-refractivity contribution is 7.92. The summed E-state index contributed by atoms with van der Waals surface area (Å²) in [6, 6.07) is 12.3. The Morgan fingerprint density at radius 3 is 2.14 bits per heavy atom. The van der Waals surface area contributed by atoms with Gasteiger partial charge in [0.25, 0.3) is 10.0 Å². The largest absolute Gasteiger partial charge is 0.497 e. The fourth-order valence-electron chi connectivity index (χ4n) is 2.39. The van der Waals surface area contributed by atoms with Crippen molar-refractivity contribution in [3.8, 4) is 5.75 Å². The van der Waals surface area contributed by atoms with Crippen molar-refractivity contribution in [1.29, 1.82) is 0 Å². The number of rotatable bonds is 8. The van der Waals surface area contributed by atoms with Crippen LogP contribution in [0.3, 0.4) is 0 Å². The van der Waals surface area contributed by atoms with E-state index in [1.165, 1.54) is 19.2 Å². The van der Waals surface area contributed by atoms with Crippen molar-refractivity contribution in [2.75, 3.05) is 18.0 Å². The van der Waals surface area contributed by atoms with Gasteiger partial charge in [-0.15, -0.1) is 0 Å². The average Bonchev–Trinajstić information content (AvgIpc) is 2.66. The lowest BCUT2D eigenvalue weighted by Gasteiger charge is -2.26. The van der Waals surface area contributed by atoms with E-state index >= 15 is 0 Å². The number of methoxy groups -OCH3 is 1. The van der Waals surface area contributed by atoms with Crippen molar-refractivity contribution in [2.24, 2.45) is 5.92 Å². The Bertz CT molecular complexity index is 897. The van der Waals surface area contributed by atoms with E-state index in [-0.39, 0.29) is 29.3 Å². The Hall–Kier alpha value is -2.25. The standard InChI is InChI=1S/C20H25ClN2O4S/c1-14(2)15(3)22-20(24)13-23(17-7-5-16(21)6-8-17)28(25,26)19-11-9-18(27-4)10-12-19/h5-12,14-15H,13H2,1-4H3,(H,22,24)/t15-/m0/s1. The average molecular weight is 425 g/mol. The van der Waals surface area contributed by atoms with Gasteiger partial charge in [0.05, 0.1) is 17.7 Å². The maximum absolute atomic E-state index is 13.2. The second kappa shape index (κ2) is 9.30. The van der Waals surface area contributed by atoms with Crippen LogP contribution in [0.2, 0.25) is 5.02 Å². The minimum Gasteiger partial charge on any atom is -0.497 e. The van der Waals surface area contributed by atoms with Gasteiger partial charge in [0.1, 0.15) is 12.3 Å². The third-order valence-corrected chi connectivity index (χ3v) is 6.48. The highest BCUT2D eigenvalue weighted by Crippen LogP contribution is 2.26. The van der Waals surface area contributed by atoms with Crippen molar-refractivity contribution in [3.63, 3.8) is 0 Å². The Morgan fingerprint density at radius 1 is 1.07 bits per heavy atom. The van der Waals surface area contributed by atoms with E-state index in [0.29, 0.717) is 16.5 Å². The van der Waals surface area contributed by atoms with Gasteiger partial charge in [0, 0.05) is 11.1 Å². The Kier molecular flexibility index (Phi) is 7.32. The van der Waals surface area contributed by atoms with Crippen molar-refractivity contribution in [2.45, 2.75) is 31.7 Å². The van der Waals surface area contributed by atoms with E-state index in [4.69, 9.17) is 16.3 Å². The molecule has 28 heavy (non-hydrogen) atoms. The van der Waals surface area contributed by atoms with Crippen LogP contribution >= 0.6 is 11.6 Å². The topological polar surface area (TPSA) is 75.7 Å².